The van der Waals surface area contributed by atoms with Crippen molar-refractivity contribution in [3.8, 4) is 11.5 Å². The highest BCUT2D eigenvalue weighted by molar-refractivity contribution is 5.80. The molecule has 3 fully saturated rings. The van der Waals surface area contributed by atoms with Gasteiger partial charge >= 0.3 is 0 Å². The maximum absolute atomic E-state index is 6.62. The summed E-state index contributed by atoms with van der Waals surface area (Å²) in [6, 6.07) is 17.2. The van der Waals surface area contributed by atoms with Gasteiger partial charge in [-0.25, -0.2) is 0 Å². The summed E-state index contributed by atoms with van der Waals surface area (Å²) in [4.78, 5) is 12.9. The predicted molar refractivity (Wildman–Crippen MR) is 203 cm³/mol. The summed E-state index contributed by atoms with van der Waals surface area (Å²) >= 11 is 0. The fraction of sp³-hybridized carbons (Fsp3) is 0.489. The SMILES string of the molecule is CC1C2=CC(C(C)(C)C3(C)CCCC3)=CC(C3=C4CCOc5ccccc5C(=CC(C5(C)C6CCCC65C)=C3)CC4)=C1OOc1ccccc12. The van der Waals surface area contributed by atoms with Gasteiger partial charge in [0.25, 0.3) is 0 Å². The average molecular weight is 667 g/mol. The molecule has 0 spiro atoms. The quantitative estimate of drug-likeness (QED) is 0.304. The summed E-state index contributed by atoms with van der Waals surface area (Å²) in [5.74, 6) is 3.49. The predicted octanol–water partition coefficient (Wildman–Crippen LogP) is 12.5. The molecule has 3 nitrogen and oxygen atoms in total. The fourth-order valence-corrected chi connectivity index (χ4v) is 11.3. The molecule has 3 saturated carbocycles. The third-order valence-electron chi connectivity index (χ3n) is 15.3. The van der Waals surface area contributed by atoms with Crippen molar-refractivity contribution in [3.05, 3.63) is 118 Å². The van der Waals surface area contributed by atoms with Crippen LogP contribution >= 0.6 is 0 Å². The van der Waals surface area contributed by atoms with E-state index in [1.54, 1.807) is 0 Å². The first kappa shape index (κ1) is 32.2. The highest BCUT2D eigenvalue weighted by Gasteiger charge is 2.72. The Morgan fingerprint density at radius 2 is 1.46 bits per heavy atom. The lowest BCUT2D eigenvalue weighted by Gasteiger charge is -2.43. The molecule has 0 amide bonds. The monoisotopic (exact) mass is 666 g/mol. The van der Waals surface area contributed by atoms with Crippen LogP contribution in [0.3, 0.4) is 0 Å². The lowest BCUT2D eigenvalue weighted by molar-refractivity contribution is -0.170. The van der Waals surface area contributed by atoms with Crippen LogP contribution in [0.25, 0.3) is 11.1 Å². The Hall–Kier alpha value is -3.72. The Labute approximate surface area is 299 Å². The zero-order valence-corrected chi connectivity index (χ0v) is 31.1. The van der Waals surface area contributed by atoms with E-state index in [1.165, 1.54) is 89.5 Å². The van der Waals surface area contributed by atoms with E-state index in [2.05, 4.69) is 108 Å². The van der Waals surface area contributed by atoms with Crippen molar-refractivity contribution in [2.24, 2.45) is 33.5 Å². The Balaban J connectivity index is 1.30. The molecular formula is C47H54O3. The Morgan fingerprint density at radius 3 is 2.22 bits per heavy atom. The molecule has 7 aliphatic rings. The van der Waals surface area contributed by atoms with Gasteiger partial charge < -0.3 is 4.74 Å². The van der Waals surface area contributed by atoms with Gasteiger partial charge in [0.1, 0.15) is 5.75 Å². The summed E-state index contributed by atoms with van der Waals surface area (Å²) < 4.78 is 6.62. The topological polar surface area (TPSA) is 27.7 Å². The van der Waals surface area contributed by atoms with Crippen molar-refractivity contribution in [3.63, 3.8) is 0 Å². The summed E-state index contributed by atoms with van der Waals surface area (Å²) in [6.07, 6.45) is 22.3. The maximum Gasteiger partial charge on any atom is 0.186 e. The average Bonchev–Trinajstić information content (AvgIpc) is 3.43. The second-order valence-corrected chi connectivity index (χ2v) is 17.7. The van der Waals surface area contributed by atoms with Crippen LogP contribution in [0.2, 0.25) is 0 Å². The third kappa shape index (κ3) is 4.60. The first-order valence-corrected chi connectivity index (χ1v) is 19.5. The van der Waals surface area contributed by atoms with Crippen molar-refractivity contribution in [1.82, 2.24) is 0 Å². The molecule has 4 atom stereocenters. The molecule has 0 N–H and O–H groups in total. The van der Waals surface area contributed by atoms with Crippen molar-refractivity contribution in [2.45, 2.75) is 106 Å². The molecule has 5 aliphatic carbocycles. The largest absolute Gasteiger partial charge is 0.493 e. The first-order chi connectivity index (χ1) is 24.0. The van der Waals surface area contributed by atoms with E-state index >= 15 is 0 Å². The number of allylic oxidation sites excluding steroid dienone is 10. The number of rotatable bonds is 4. The second kappa shape index (κ2) is 11.4. The summed E-state index contributed by atoms with van der Waals surface area (Å²) in [6.45, 7) is 15.7. The summed E-state index contributed by atoms with van der Waals surface area (Å²) in [5, 5.41) is 0. The number of ether oxygens (including phenoxy) is 1. The molecular weight excluding hydrogens is 613 g/mol. The first-order valence-electron chi connectivity index (χ1n) is 19.5. The van der Waals surface area contributed by atoms with Crippen LogP contribution in [0.4, 0.5) is 0 Å². The molecule has 9 rings (SSSR count). The number of fused-ring (bicyclic) bond motifs is 10. The molecule has 0 saturated heterocycles. The van der Waals surface area contributed by atoms with Gasteiger partial charge in [0.2, 0.25) is 0 Å². The highest BCUT2D eigenvalue weighted by atomic mass is 17.2. The van der Waals surface area contributed by atoms with Gasteiger partial charge in [-0.3, -0.25) is 9.78 Å². The minimum absolute atomic E-state index is 0.0290. The zero-order valence-electron chi connectivity index (χ0n) is 31.1. The molecule has 2 aromatic carbocycles. The Morgan fingerprint density at radius 1 is 0.720 bits per heavy atom. The molecule has 3 heteroatoms. The number of hydrogen-bond acceptors (Lipinski definition) is 3. The lowest BCUT2D eigenvalue weighted by atomic mass is 9.61. The van der Waals surface area contributed by atoms with Crippen molar-refractivity contribution >= 4 is 11.1 Å². The Bertz CT molecular complexity index is 1950. The standard InChI is InChI=1S/C47H54O3/c1-30-37-27-33(44(2,3)45(4)22-11-12-23-45)28-39(43(30)50-49-41-17-10-8-15-36(37)41)38-29-34(47(6)42-18-13-24-46(42,47)5)26-32-20-19-31(38)21-25-48-40-16-9-7-14-35(32)40/h7-10,14-17,26-30,42H,11-13,18-25H2,1-6H3. The zero-order chi connectivity index (χ0) is 34.5. The lowest BCUT2D eigenvalue weighted by Crippen LogP contribution is -2.34. The molecule has 260 valence electrons. The van der Waals surface area contributed by atoms with Crippen LogP contribution in [-0.4, -0.2) is 6.61 Å². The van der Waals surface area contributed by atoms with E-state index in [4.69, 9.17) is 14.5 Å². The van der Waals surface area contributed by atoms with E-state index in [0.29, 0.717) is 12.0 Å². The molecule has 2 aromatic rings. The van der Waals surface area contributed by atoms with Crippen LogP contribution in [0.1, 0.15) is 117 Å². The van der Waals surface area contributed by atoms with E-state index in [1.807, 2.05) is 6.07 Å². The van der Waals surface area contributed by atoms with E-state index in [9.17, 15) is 0 Å². The minimum atomic E-state index is -0.0349. The molecule has 50 heavy (non-hydrogen) atoms. The molecule has 4 bridgehead atoms. The highest BCUT2D eigenvalue weighted by Crippen LogP contribution is 2.79. The summed E-state index contributed by atoms with van der Waals surface area (Å²) in [5.41, 5.74) is 12.6. The second-order valence-electron chi connectivity index (χ2n) is 17.7. The van der Waals surface area contributed by atoms with Gasteiger partial charge in [-0.2, -0.15) is 0 Å². The van der Waals surface area contributed by atoms with E-state index in [0.717, 1.165) is 48.0 Å². The van der Waals surface area contributed by atoms with Gasteiger partial charge in [-0.15, -0.1) is 0 Å². The molecule has 2 heterocycles. The van der Waals surface area contributed by atoms with Gasteiger partial charge in [0.15, 0.2) is 11.5 Å². The van der Waals surface area contributed by atoms with Crippen LogP contribution < -0.4 is 9.62 Å². The molecule has 0 aromatic heterocycles. The van der Waals surface area contributed by atoms with E-state index in [-0.39, 0.29) is 22.2 Å². The molecule has 2 aliphatic heterocycles. The van der Waals surface area contributed by atoms with Crippen LogP contribution in [0.15, 0.2) is 106 Å². The van der Waals surface area contributed by atoms with Gasteiger partial charge in [-0.1, -0.05) is 121 Å². The van der Waals surface area contributed by atoms with E-state index < -0.39 is 0 Å². The van der Waals surface area contributed by atoms with Gasteiger partial charge in [0, 0.05) is 34.5 Å². The number of benzene rings is 2. The normalized spacial score (nSPS) is 31.2. The van der Waals surface area contributed by atoms with Gasteiger partial charge in [-0.05, 0) is 107 Å². The summed E-state index contributed by atoms with van der Waals surface area (Å²) in [7, 11) is 0. The molecule has 4 unspecified atom stereocenters. The van der Waals surface area contributed by atoms with Crippen molar-refractivity contribution in [1.29, 1.82) is 0 Å². The number of hydrogen-bond donors (Lipinski definition) is 0. The number of para-hydroxylation sites is 2. The van der Waals surface area contributed by atoms with Crippen LogP contribution in [0.5, 0.6) is 11.5 Å². The minimum Gasteiger partial charge on any atom is -0.493 e. The fourth-order valence-electron chi connectivity index (χ4n) is 11.3. The third-order valence-corrected chi connectivity index (χ3v) is 15.3. The maximum atomic E-state index is 6.62. The van der Waals surface area contributed by atoms with Crippen LogP contribution in [0, 0.1) is 33.5 Å². The van der Waals surface area contributed by atoms with Crippen molar-refractivity contribution in [2.75, 3.05) is 6.61 Å². The van der Waals surface area contributed by atoms with Crippen molar-refractivity contribution < 1.29 is 14.5 Å². The van der Waals surface area contributed by atoms with Crippen LogP contribution in [-0.2, 0) is 4.89 Å². The van der Waals surface area contributed by atoms with Gasteiger partial charge in [0.05, 0.1) is 6.61 Å². The smallest absolute Gasteiger partial charge is 0.186 e. The molecule has 0 radical (unpaired) electrons. The Kier molecular flexibility index (Phi) is 7.34.